The fourth-order valence-corrected chi connectivity index (χ4v) is 2.13. The van der Waals surface area contributed by atoms with Gasteiger partial charge in [-0.15, -0.1) is 0 Å². The first-order chi connectivity index (χ1) is 5.02. The van der Waals surface area contributed by atoms with Crippen LogP contribution >= 0.6 is 0 Å². The predicted octanol–water partition coefficient (Wildman–Crippen LogP) is 1.64. The second-order valence-electron chi connectivity index (χ2n) is 2.84. The fraction of sp³-hybridized carbons (Fsp3) is 1.00. The van der Waals surface area contributed by atoms with Gasteiger partial charge in [0, 0.05) is 12.3 Å². The molecule has 0 spiro atoms. The highest BCUT2D eigenvalue weighted by Crippen LogP contribution is 2.40. The Morgan fingerprint density at radius 1 is 1.64 bits per heavy atom. The van der Waals surface area contributed by atoms with E-state index in [9.17, 15) is 13.0 Å². The molecule has 11 heavy (non-hydrogen) atoms. The van der Waals surface area contributed by atoms with Crippen LogP contribution in [0.25, 0.3) is 0 Å². The van der Waals surface area contributed by atoms with Crippen molar-refractivity contribution in [3.63, 3.8) is 0 Å². The van der Waals surface area contributed by atoms with Crippen LogP contribution in [0.1, 0.15) is 19.3 Å². The highest BCUT2D eigenvalue weighted by atomic mass is 32.2. The maximum atomic E-state index is 12.7. The molecule has 66 valence electrons. The van der Waals surface area contributed by atoms with Crippen LogP contribution in [0.15, 0.2) is 0 Å². The molecule has 0 heterocycles. The smallest absolute Gasteiger partial charge is 0.251 e. The molecule has 1 aliphatic rings. The van der Waals surface area contributed by atoms with E-state index in [4.69, 9.17) is 4.55 Å². The summed E-state index contributed by atoms with van der Waals surface area (Å²) in [6.45, 7) is 0. The van der Waals surface area contributed by atoms with Crippen LogP contribution in [-0.4, -0.2) is 20.4 Å². The van der Waals surface area contributed by atoms with Crippen molar-refractivity contribution in [1.82, 2.24) is 0 Å². The Hall–Kier alpha value is -0.0300. The molecule has 1 saturated carbocycles. The zero-order valence-corrected chi connectivity index (χ0v) is 6.74. The van der Waals surface area contributed by atoms with Gasteiger partial charge in [0.25, 0.3) is 5.92 Å². The van der Waals surface area contributed by atoms with Crippen molar-refractivity contribution >= 4 is 11.1 Å². The van der Waals surface area contributed by atoms with Crippen molar-refractivity contribution in [2.24, 2.45) is 5.92 Å². The Morgan fingerprint density at radius 3 is 2.64 bits per heavy atom. The van der Waals surface area contributed by atoms with E-state index >= 15 is 0 Å². The molecule has 1 fully saturated rings. The summed E-state index contributed by atoms with van der Waals surface area (Å²) in [6.07, 6.45) is 0.711. The standard InChI is InChI=1S/C6H10F2O2S/c7-6(8)3-1-2-5(6)4-11(9)10/h5H,1-4H2,(H,9,10). The molecule has 5 heteroatoms. The number of hydrogen-bond acceptors (Lipinski definition) is 1. The minimum absolute atomic E-state index is 0.130. The van der Waals surface area contributed by atoms with Gasteiger partial charge >= 0.3 is 0 Å². The topological polar surface area (TPSA) is 37.3 Å². The van der Waals surface area contributed by atoms with E-state index in [0.717, 1.165) is 0 Å². The molecule has 0 aromatic heterocycles. The molecule has 2 unspecified atom stereocenters. The summed E-state index contributed by atoms with van der Waals surface area (Å²) < 4.78 is 44.1. The van der Waals surface area contributed by atoms with Gasteiger partial charge < -0.3 is 4.55 Å². The highest BCUT2D eigenvalue weighted by molar-refractivity contribution is 7.79. The largest absolute Gasteiger partial charge is 0.306 e. The maximum absolute atomic E-state index is 12.7. The molecule has 0 aromatic carbocycles. The van der Waals surface area contributed by atoms with Crippen molar-refractivity contribution in [3.8, 4) is 0 Å². The van der Waals surface area contributed by atoms with Crippen LogP contribution < -0.4 is 0 Å². The highest BCUT2D eigenvalue weighted by Gasteiger charge is 2.44. The summed E-state index contributed by atoms with van der Waals surface area (Å²) in [7, 11) is 0. The number of halogens is 2. The quantitative estimate of drug-likeness (QED) is 0.662. The van der Waals surface area contributed by atoms with Crippen molar-refractivity contribution in [3.05, 3.63) is 0 Å². The lowest BCUT2D eigenvalue weighted by atomic mass is 10.1. The average molecular weight is 184 g/mol. The third kappa shape index (κ3) is 2.20. The average Bonchev–Trinajstić information content (AvgIpc) is 2.10. The summed E-state index contributed by atoms with van der Waals surface area (Å²) in [4.78, 5) is 0. The molecule has 0 aromatic rings. The van der Waals surface area contributed by atoms with Gasteiger partial charge in [0.05, 0.1) is 5.75 Å². The minimum Gasteiger partial charge on any atom is -0.306 e. The normalized spacial score (nSPS) is 32.1. The fourth-order valence-electron chi connectivity index (χ4n) is 1.38. The molecule has 2 nitrogen and oxygen atoms in total. The second-order valence-corrected chi connectivity index (χ2v) is 3.81. The van der Waals surface area contributed by atoms with Gasteiger partial charge in [-0.3, -0.25) is 0 Å². The van der Waals surface area contributed by atoms with Crippen molar-refractivity contribution < 1.29 is 17.5 Å². The maximum Gasteiger partial charge on any atom is 0.251 e. The van der Waals surface area contributed by atoms with Crippen molar-refractivity contribution in [1.29, 1.82) is 0 Å². The van der Waals surface area contributed by atoms with E-state index in [1.807, 2.05) is 0 Å². The molecule has 0 saturated heterocycles. The van der Waals surface area contributed by atoms with Gasteiger partial charge in [0.2, 0.25) is 0 Å². The van der Waals surface area contributed by atoms with E-state index in [1.54, 1.807) is 0 Å². The Morgan fingerprint density at radius 2 is 2.27 bits per heavy atom. The number of rotatable bonds is 2. The molecule has 0 radical (unpaired) electrons. The van der Waals surface area contributed by atoms with E-state index in [0.29, 0.717) is 12.8 Å². The Balaban J connectivity index is 2.51. The number of alkyl halides is 2. The van der Waals surface area contributed by atoms with E-state index < -0.39 is 22.9 Å². The lowest BCUT2D eigenvalue weighted by Crippen LogP contribution is -2.26. The van der Waals surface area contributed by atoms with Crippen LogP contribution in [0.5, 0.6) is 0 Å². The molecule has 1 aliphatic carbocycles. The van der Waals surface area contributed by atoms with E-state index in [1.165, 1.54) is 0 Å². The van der Waals surface area contributed by atoms with Gasteiger partial charge in [0.15, 0.2) is 11.1 Å². The van der Waals surface area contributed by atoms with Crippen LogP contribution in [0, 0.1) is 5.92 Å². The summed E-state index contributed by atoms with van der Waals surface area (Å²) in [5.74, 6) is -3.88. The molecule has 1 rings (SSSR count). The monoisotopic (exact) mass is 184 g/mol. The van der Waals surface area contributed by atoms with Crippen LogP contribution in [-0.2, 0) is 11.1 Å². The van der Waals surface area contributed by atoms with Gasteiger partial charge in [-0.1, -0.05) is 0 Å². The first-order valence-corrected chi connectivity index (χ1v) is 4.75. The zero-order valence-electron chi connectivity index (χ0n) is 5.93. The van der Waals surface area contributed by atoms with Crippen LogP contribution in [0.3, 0.4) is 0 Å². The first kappa shape index (κ1) is 9.06. The van der Waals surface area contributed by atoms with Gasteiger partial charge in [-0.05, 0) is 12.8 Å². The second kappa shape index (κ2) is 3.15. The van der Waals surface area contributed by atoms with Crippen LogP contribution in [0.2, 0.25) is 0 Å². The molecule has 0 aliphatic heterocycles. The Kier molecular flexibility index (Phi) is 2.59. The van der Waals surface area contributed by atoms with Gasteiger partial charge in [-0.25, -0.2) is 13.0 Å². The SMILES string of the molecule is O=S(O)CC1CCCC1(F)F. The molecule has 0 amide bonds. The molecule has 0 bridgehead atoms. The van der Waals surface area contributed by atoms with Crippen LogP contribution in [0.4, 0.5) is 8.78 Å². The third-order valence-corrected chi connectivity index (χ3v) is 2.69. The molecular weight excluding hydrogens is 174 g/mol. The molecule has 2 atom stereocenters. The van der Waals surface area contributed by atoms with Gasteiger partial charge in [0.1, 0.15) is 0 Å². The summed E-state index contributed by atoms with van der Waals surface area (Å²) in [5, 5.41) is 0. The van der Waals surface area contributed by atoms with Gasteiger partial charge in [-0.2, -0.15) is 0 Å². The zero-order chi connectivity index (χ0) is 8.48. The molecule has 1 N–H and O–H groups in total. The third-order valence-electron chi connectivity index (χ3n) is 2.00. The first-order valence-electron chi connectivity index (χ1n) is 3.47. The lowest BCUT2D eigenvalue weighted by Gasteiger charge is -2.16. The van der Waals surface area contributed by atoms with Crippen molar-refractivity contribution in [2.75, 3.05) is 5.75 Å². The van der Waals surface area contributed by atoms with E-state index in [2.05, 4.69) is 0 Å². The predicted molar refractivity (Wildman–Crippen MR) is 37.9 cm³/mol. The van der Waals surface area contributed by atoms with Crippen molar-refractivity contribution in [2.45, 2.75) is 25.2 Å². The summed E-state index contributed by atoms with van der Waals surface area (Å²) in [6, 6.07) is 0. The summed E-state index contributed by atoms with van der Waals surface area (Å²) in [5.41, 5.74) is 0. The summed E-state index contributed by atoms with van der Waals surface area (Å²) >= 11 is -2.08. The molecular formula is C6H10F2O2S. The Bertz CT molecular complexity index is 172. The Labute approximate surface area is 66.3 Å². The lowest BCUT2D eigenvalue weighted by molar-refractivity contribution is -0.0288. The number of hydrogen-bond donors (Lipinski definition) is 1. The minimum atomic E-state index is -2.71. The van der Waals surface area contributed by atoms with E-state index in [-0.39, 0.29) is 12.2 Å².